The Labute approximate surface area is 114 Å². The summed E-state index contributed by atoms with van der Waals surface area (Å²) < 4.78 is 0. The smallest absolute Gasteiger partial charge is 0.307 e. The van der Waals surface area contributed by atoms with E-state index in [1.54, 1.807) is 6.07 Å². The highest BCUT2D eigenvalue weighted by molar-refractivity contribution is 5.70. The molecule has 1 aromatic carbocycles. The molecule has 0 bridgehead atoms. The Kier molecular flexibility index (Phi) is 3.83. The normalized spacial score (nSPS) is 18.2. The minimum absolute atomic E-state index is 0.0123. The predicted octanol–water partition coefficient (Wildman–Crippen LogP) is 3.55. The van der Waals surface area contributed by atoms with E-state index in [1.807, 2.05) is 13.0 Å². The van der Waals surface area contributed by atoms with E-state index in [9.17, 15) is 9.90 Å². The van der Waals surface area contributed by atoms with Gasteiger partial charge in [0.15, 0.2) is 0 Å². The van der Waals surface area contributed by atoms with Gasteiger partial charge in [0.1, 0.15) is 5.75 Å². The molecule has 1 saturated carbocycles. The first-order chi connectivity index (χ1) is 8.92. The lowest BCUT2D eigenvalue weighted by atomic mass is 9.70. The van der Waals surface area contributed by atoms with Gasteiger partial charge < -0.3 is 10.2 Å². The van der Waals surface area contributed by atoms with Gasteiger partial charge in [-0.25, -0.2) is 0 Å². The molecule has 0 atom stereocenters. The first kappa shape index (κ1) is 13.9. The number of carboxylic acid groups (broad SMARTS) is 1. The van der Waals surface area contributed by atoms with Crippen LogP contribution in [0.15, 0.2) is 12.1 Å². The lowest BCUT2D eigenvalue weighted by Crippen LogP contribution is -2.25. The summed E-state index contributed by atoms with van der Waals surface area (Å²) in [7, 11) is 0. The van der Waals surface area contributed by atoms with Crippen LogP contribution in [-0.2, 0) is 16.6 Å². The SMILES string of the molecule is Cc1cc(CC(=O)O)cc(C2(C)CCCCC2)c1O. The lowest BCUT2D eigenvalue weighted by molar-refractivity contribution is -0.136. The number of aryl methyl sites for hydroxylation is 1. The number of carbonyl (C=O) groups is 1. The average Bonchev–Trinajstić information content (AvgIpc) is 2.33. The van der Waals surface area contributed by atoms with E-state index in [0.29, 0.717) is 5.75 Å². The van der Waals surface area contributed by atoms with E-state index in [-0.39, 0.29) is 11.8 Å². The van der Waals surface area contributed by atoms with Gasteiger partial charge in [-0.2, -0.15) is 0 Å². The second-order valence-electron chi connectivity index (χ2n) is 6.00. The Hall–Kier alpha value is -1.51. The van der Waals surface area contributed by atoms with Gasteiger partial charge in [-0.15, -0.1) is 0 Å². The monoisotopic (exact) mass is 262 g/mol. The van der Waals surface area contributed by atoms with Crippen LogP contribution in [0, 0.1) is 6.92 Å². The molecule has 0 unspecified atom stereocenters. The number of rotatable bonds is 3. The number of hydrogen-bond donors (Lipinski definition) is 2. The fourth-order valence-electron chi connectivity index (χ4n) is 3.19. The summed E-state index contributed by atoms with van der Waals surface area (Å²) in [5.41, 5.74) is 2.48. The highest BCUT2D eigenvalue weighted by Gasteiger charge is 2.32. The van der Waals surface area contributed by atoms with Crippen LogP contribution in [0.5, 0.6) is 5.75 Å². The van der Waals surface area contributed by atoms with E-state index >= 15 is 0 Å². The third-order valence-corrected chi connectivity index (χ3v) is 4.32. The number of aromatic hydroxyl groups is 1. The van der Waals surface area contributed by atoms with Gasteiger partial charge in [0.2, 0.25) is 0 Å². The number of phenolic OH excluding ortho intramolecular Hbond substituents is 1. The molecule has 3 nitrogen and oxygen atoms in total. The minimum atomic E-state index is -0.829. The Bertz CT molecular complexity index is 485. The van der Waals surface area contributed by atoms with Gasteiger partial charge in [0, 0.05) is 5.56 Å². The van der Waals surface area contributed by atoms with Crippen molar-refractivity contribution >= 4 is 5.97 Å². The van der Waals surface area contributed by atoms with Crippen molar-refractivity contribution in [1.29, 1.82) is 0 Å². The van der Waals surface area contributed by atoms with Crippen LogP contribution >= 0.6 is 0 Å². The maximum Gasteiger partial charge on any atom is 0.307 e. The maximum absolute atomic E-state index is 10.9. The van der Waals surface area contributed by atoms with Crippen molar-refractivity contribution in [3.05, 3.63) is 28.8 Å². The maximum atomic E-state index is 10.9. The van der Waals surface area contributed by atoms with Crippen LogP contribution < -0.4 is 0 Å². The van der Waals surface area contributed by atoms with Crippen molar-refractivity contribution in [3.8, 4) is 5.75 Å². The summed E-state index contributed by atoms with van der Waals surface area (Å²) >= 11 is 0. The number of carboxylic acids is 1. The molecule has 0 amide bonds. The molecule has 2 N–H and O–H groups in total. The summed E-state index contributed by atoms with van der Waals surface area (Å²) in [4.78, 5) is 10.9. The Morgan fingerprint density at radius 2 is 1.89 bits per heavy atom. The van der Waals surface area contributed by atoms with Gasteiger partial charge in [0.25, 0.3) is 0 Å². The molecule has 19 heavy (non-hydrogen) atoms. The molecular formula is C16H22O3. The average molecular weight is 262 g/mol. The standard InChI is InChI=1S/C16H22O3/c1-11-8-12(10-14(17)18)9-13(15(11)19)16(2)6-4-3-5-7-16/h8-9,19H,3-7,10H2,1-2H3,(H,17,18). The van der Waals surface area contributed by atoms with Crippen LogP contribution in [0.4, 0.5) is 0 Å². The van der Waals surface area contributed by atoms with Crippen molar-refractivity contribution in [2.24, 2.45) is 0 Å². The van der Waals surface area contributed by atoms with Gasteiger partial charge >= 0.3 is 5.97 Å². The molecule has 1 aromatic rings. The van der Waals surface area contributed by atoms with E-state index in [0.717, 1.165) is 29.5 Å². The highest BCUT2D eigenvalue weighted by Crippen LogP contribution is 2.44. The quantitative estimate of drug-likeness (QED) is 0.875. The fourth-order valence-corrected chi connectivity index (χ4v) is 3.19. The van der Waals surface area contributed by atoms with Crippen LogP contribution in [0.25, 0.3) is 0 Å². The van der Waals surface area contributed by atoms with Gasteiger partial charge in [-0.05, 0) is 36.3 Å². The third kappa shape index (κ3) is 2.91. The molecule has 1 fully saturated rings. The molecule has 0 saturated heterocycles. The molecule has 0 radical (unpaired) electrons. The highest BCUT2D eigenvalue weighted by atomic mass is 16.4. The predicted molar refractivity (Wildman–Crippen MR) is 74.6 cm³/mol. The third-order valence-electron chi connectivity index (χ3n) is 4.32. The summed E-state index contributed by atoms with van der Waals surface area (Å²) in [5, 5.41) is 19.3. The topological polar surface area (TPSA) is 57.5 Å². The van der Waals surface area contributed by atoms with Gasteiger partial charge in [0.05, 0.1) is 6.42 Å². The number of phenols is 1. The van der Waals surface area contributed by atoms with Crippen molar-refractivity contribution in [1.82, 2.24) is 0 Å². The minimum Gasteiger partial charge on any atom is -0.507 e. The van der Waals surface area contributed by atoms with E-state index < -0.39 is 5.97 Å². The second kappa shape index (κ2) is 5.24. The zero-order valence-corrected chi connectivity index (χ0v) is 11.7. The Balaban J connectivity index is 2.42. The number of hydrogen-bond acceptors (Lipinski definition) is 2. The van der Waals surface area contributed by atoms with Gasteiger partial charge in [-0.3, -0.25) is 4.79 Å². The van der Waals surface area contributed by atoms with Crippen molar-refractivity contribution < 1.29 is 15.0 Å². The van der Waals surface area contributed by atoms with Gasteiger partial charge in [-0.1, -0.05) is 38.3 Å². The summed E-state index contributed by atoms with van der Waals surface area (Å²) in [6.45, 7) is 4.03. The molecular weight excluding hydrogens is 240 g/mol. The van der Waals surface area contributed by atoms with Crippen LogP contribution in [0.3, 0.4) is 0 Å². The Morgan fingerprint density at radius 1 is 1.26 bits per heavy atom. The molecule has 3 heteroatoms. The second-order valence-corrected chi connectivity index (χ2v) is 6.00. The number of aliphatic carboxylic acids is 1. The summed E-state index contributed by atoms with van der Waals surface area (Å²) in [6.07, 6.45) is 5.76. The first-order valence-electron chi connectivity index (χ1n) is 6.97. The molecule has 2 rings (SSSR count). The van der Waals surface area contributed by atoms with Crippen molar-refractivity contribution in [2.45, 2.75) is 57.8 Å². The molecule has 104 valence electrons. The molecule has 0 spiro atoms. The fraction of sp³-hybridized carbons (Fsp3) is 0.562. The molecule has 1 aliphatic rings. The number of benzene rings is 1. The Morgan fingerprint density at radius 3 is 2.47 bits per heavy atom. The van der Waals surface area contributed by atoms with Crippen LogP contribution in [0.2, 0.25) is 0 Å². The van der Waals surface area contributed by atoms with Crippen molar-refractivity contribution in [2.75, 3.05) is 0 Å². The summed E-state index contributed by atoms with van der Waals surface area (Å²) in [6, 6.07) is 3.67. The lowest BCUT2D eigenvalue weighted by Gasteiger charge is -2.35. The molecule has 1 aliphatic carbocycles. The first-order valence-corrected chi connectivity index (χ1v) is 6.97. The molecule has 0 heterocycles. The van der Waals surface area contributed by atoms with Crippen LogP contribution in [-0.4, -0.2) is 16.2 Å². The summed E-state index contributed by atoms with van der Waals surface area (Å²) in [5.74, 6) is -0.483. The van der Waals surface area contributed by atoms with E-state index in [4.69, 9.17) is 5.11 Å². The van der Waals surface area contributed by atoms with E-state index in [1.165, 1.54) is 19.3 Å². The van der Waals surface area contributed by atoms with E-state index in [2.05, 4.69) is 6.92 Å². The largest absolute Gasteiger partial charge is 0.507 e. The molecule has 0 aliphatic heterocycles. The molecule has 0 aromatic heterocycles. The van der Waals surface area contributed by atoms with Crippen LogP contribution in [0.1, 0.15) is 55.7 Å². The zero-order chi connectivity index (χ0) is 14.0. The van der Waals surface area contributed by atoms with Crippen molar-refractivity contribution in [3.63, 3.8) is 0 Å². The zero-order valence-electron chi connectivity index (χ0n) is 11.7.